The molecule has 0 fully saturated rings. The van der Waals surface area contributed by atoms with Gasteiger partial charge in [0.05, 0.1) is 20.4 Å². The minimum Gasteiger partial charge on any atom is -0.497 e. The van der Waals surface area contributed by atoms with Gasteiger partial charge in [-0.2, -0.15) is 5.10 Å². The molecule has 1 heterocycles. The van der Waals surface area contributed by atoms with Gasteiger partial charge >= 0.3 is 0 Å². The molecule has 0 saturated heterocycles. The Labute approximate surface area is 164 Å². The second-order valence-electron chi connectivity index (χ2n) is 6.29. The topological polar surface area (TPSA) is 64.8 Å². The SMILES string of the molecule is COc1ccc(C(=O)N/N=C/c2cc(C)n(-c3ccc(OC)cc3)c2C)cc1. The Morgan fingerprint density at radius 3 is 2.11 bits per heavy atom. The summed E-state index contributed by atoms with van der Waals surface area (Å²) in [5.41, 5.74) is 7.16. The summed E-state index contributed by atoms with van der Waals surface area (Å²) >= 11 is 0. The first kappa shape index (κ1) is 19.2. The molecule has 0 spiro atoms. The van der Waals surface area contributed by atoms with Crippen molar-refractivity contribution >= 4 is 12.1 Å². The first-order valence-electron chi connectivity index (χ1n) is 8.84. The maximum absolute atomic E-state index is 12.2. The van der Waals surface area contributed by atoms with Crippen molar-refractivity contribution < 1.29 is 14.3 Å². The van der Waals surface area contributed by atoms with Gasteiger partial charge in [-0.25, -0.2) is 5.43 Å². The van der Waals surface area contributed by atoms with Crippen molar-refractivity contribution in [3.63, 3.8) is 0 Å². The van der Waals surface area contributed by atoms with Gasteiger partial charge in [0.15, 0.2) is 0 Å². The lowest BCUT2D eigenvalue weighted by molar-refractivity contribution is 0.0955. The quantitative estimate of drug-likeness (QED) is 0.524. The molecule has 0 unspecified atom stereocenters. The summed E-state index contributed by atoms with van der Waals surface area (Å²) in [6, 6.07) is 16.8. The van der Waals surface area contributed by atoms with Crippen molar-refractivity contribution in [1.29, 1.82) is 0 Å². The molecule has 0 aliphatic rings. The van der Waals surface area contributed by atoms with E-state index in [0.29, 0.717) is 11.3 Å². The Bertz CT molecular complexity index is 987. The molecular weight excluding hydrogens is 354 g/mol. The number of nitrogens with one attached hydrogen (secondary N) is 1. The fourth-order valence-corrected chi connectivity index (χ4v) is 3.01. The number of benzene rings is 2. The normalized spacial score (nSPS) is 10.9. The highest BCUT2D eigenvalue weighted by Crippen LogP contribution is 2.22. The van der Waals surface area contributed by atoms with Crippen LogP contribution >= 0.6 is 0 Å². The average molecular weight is 377 g/mol. The highest BCUT2D eigenvalue weighted by atomic mass is 16.5. The number of aryl methyl sites for hydroxylation is 1. The molecular formula is C22H23N3O3. The van der Waals surface area contributed by atoms with Crippen LogP contribution < -0.4 is 14.9 Å². The molecule has 0 atom stereocenters. The van der Waals surface area contributed by atoms with Gasteiger partial charge < -0.3 is 14.0 Å². The maximum atomic E-state index is 12.2. The Morgan fingerprint density at radius 1 is 0.964 bits per heavy atom. The molecule has 0 aliphatic heterocycles. The third kappa shape index (κ3) is 4.06. The van der Waals surface area contributed by atoms with E-state index in [4.69, 9.17) is 9.47 Å². The van der Waals surface area contributed by atoms with E-state index in [-0.39, 0.29) is 5.91 Å². The fraction of sp³-hybridized carbons (Fsp3) is 0.182. The molecule has 6 heteroatoms. The van der Waals surface area contributed by atoms with Crippen molar-refractivity contribution in [3.05, 3.63) is 77.1 Å². The van der Waals surface area contributed by atoms with E-state index < -0.39 is 0 Å². The van der Waals surface area contributed by atoms with Crippen LogP contribution in [0.1, 0.15) is 27.3 Å². The van der Waals surface area contributed by atoms with Crippen LogP contribution in [0.5, 0.6) is 11.5 Å². The second-order valence-corrected chi connectivity index (χ2v) is 6.29. The number of hydrazone groups is 1. The van der Waals surface area contributed by atoms with E-state index in [1.165, 1.54) is 0 Å². The van der Waals surface area contributed by atoms with Crippen LogP contribution in [0, 0.1) is 13.8 Å². The molecule has 0 radical (unpaired) electrons. The third-order valence-electron chi connectivity index (χ3n) is 4.52. The van der Waals surface area contributed by atoms with Crippen molar-refractivity contribution in [2.45, 2.75) is 13.8 Å². The fourth-order valence-electron chi connectivity index (χ4n) is 3.01. The summed E-state index contributed by atoms with van der Waals surface area (Å²) in [6.45, 7) is 4.05. The van der Waals surface area contributed by atoms with Crippen LogP contribution in [0.3, 0.4) is 0 Å². The Kier molecular flexibility index (Phi) is 5.79. The van der Waals surface area contributed by atoms with Crippen molar-refractivity contribution in [1.82, 2.24) is 9.99 Å². The Hall–Kier alpha value is -3.54. The zero-order chi connectivity index (χ0) is 20.1. The van der Waals surface area contributed by atoms with Gasteiger partial charge in [0.2, 0.25) is 0 Å². The summed E-state index contributed by atoms with van der Waals surface area (Å²) in [5.74, 6) is 1.24. The zero-order valence-corrected chi connectivity index (χ0v) is 16.4. The number of methoxy groups -OCH3 is 2. The molecule has 0 bridgehead atoms. The Balaban J connectivity index is 1.74. The summed E-state index contributed by atoms with van der Waals surface area (Å²) in [7, 11) is 3.23. The summed E-state index contributed by atoms with van der Waals surface area (Å²) in [6.07, 6.45) is 1.66. The van der Waals surface area contributed by atoms with Crippen LogP contribution in [0.4, 0.5) is 0 Å². The summed E-state index contributed by atoms with van der Waals surface area (Å²) in [5, 5.41) is 4.11. The number of ether oxygens (including phenoxy) is 2. The minimum absolute atomic E-state index is 0.275. The van der Waals surface area contributed by atoms with Crippen LogP contribution in [-0.4, -0.2) is 30.9 Å². The number of aromatic nitrogens is 1. The molecule has 3 rings (SSSR count). The Morgan fingerprint density at radius 2 is 1.54 bits per heavy atom. The van der Waals surface area contributed by atoms with E-state index in [1.54, 1.807) is 44.7 Å². The lowest BCUT2D eigenvalue weighted by atomic mass is 10.2. The number of amides is 1. The number of carbonyl (C=O) groups excluding carboxylic acids is 1. The molecule has 1 aromatic heterocycles. The summed E-state index contributed by atoms with van der Waals surface area (Å²) in [4.78, 5) is 12.2. The smallest absolute Gasteiger partial charge is 0.271 e. The zero-order valence-electron chi connectivity index (χ0n) is 16.4. The molecule has 2 aromatic carbocycles. The largest absolute Gasteiger partial charge is 0.497 e. The first-order chi connectivity index (χ1) is 13.5. The van der Waals surface area contributed by atoms with E-state index in [9.17, 15) is 4.79 Å². The van der Waals surface area contributed by atoms with Gasteiger partial charge in [-0.3, -0.25) is 4.79 Å². The molecule has 1 N–H and O–H groups in total. The molecule has 3 aromatic rings. The van der Waals surface area contributed by atoms with Gasteiger partial charge in [-0.1, -0.05) is 0 Å². The van der Waals surface area contributed by atoms with Gasteiger partial charge in [0.1, 0.15) is 11.5 Å². The number of hydrogen-bond acceptors (Lipinski definition) is 4. The van der Waals surface area contributed by atoms with Crippen LogP contribution in [0.25, 0.3) is 5.69 Å². The summed E-state index contributed by atoms with van der Waals surface area (Å²) < 4.78 is 12.4. The van der Waals surface area contributed by atoms with E-state index in [2.05, 4.69) is 15.1 Å². The first-order valence-corrected chi connectivity index (χ1v) is 8.84. The molecule has 1 amide bonds. The monoisotopic (exact) mass is 377 g/mol. The van der Waals surface area contributed by atoms with Crippen LogP contribution in [0.2, 0.25) is 0 Å². The number of carbonyl (C=O) groups is 1. The number of rotatable bonds is 6. The number of nitrogens with zero attached hydrogens (tertiary/aromatic N) is 2. The highest BCUT2D eigenvalue weighted by molar-refractivity contribution is 5.95. The van der Waals surface area contributed by atoms with Gasteiger partial charge in [-0.05, 0) is 68.4 Å². The van der Waals surface area contributed by atoms with Crippen LogP contribution in [-0.2, 0) is 0 Å². The maximum Gasteiger partial charge on any atom is 0.271 e. The second kappa shape index (κ2) is 8.43. The number of hydrogen-bond donors (Lipinski definition) is 1. The lowest BCUT2D eigenvalue weighted by Gasteiger charge is -2.10. The molecule has 144 valence electrons. The van der Waals surface area contributed by atoms with Crippen LogP contribution in [0.15, 0.2) is 59.7 Å². The lowest BCUT2D eigenvalue weighted by Crippen LogP contribution is -2.17. The van der Waals surface area contributed by atoms with E-state index in [1.807, 2.05) is 44.2 Å². The van der Waals surface area contributed by atoms with Crippen molar-refractivity contribution in [2.75, 3.05) is 14.2 Å². The highest BCUT2D eigenvalue weighted by Gasteiger charge is 2.10. The molecule has 28 heavy (non-hydrogen) atoms. The third-order valence-corrected chi connectivity index (χ3v) is 4.52. The standard InChI is InChI=1S/C22H23N3O3/c1-15-13-18(16(2)25(15)19-7-11-21(28-4)12-8-19)14-23-24-22(26)17-5-9-20(27-3)10-6-17/h5-14H,1-4H3,(H,24,26)/b23-14+. The van der Waals surface area contributed by atoms with Gasteiger partial charge in [-0.15, -0.1) is 0 Å². The molecule has 0 saturated carbocycles. The van der Waals surface area contributed by atoms with E-state index >= 15 is 0 Å². The minimum atomic E-state index is -0.275. The van der Waals surface area contributed by atoms with E-state index in [0.717, 1.165) is 28.4 Å². The van der Waals surface area contributed by atoms with Gasteiger partial charge in [0, 0.05) is 28.2 Å². The average Bonchev–Trinajstić information content (AvgIpc) is 3.01. The van der Waals surface area contributed by atoms with Crippen molar-refractivity contribution in [3.8, 4) is 17.2 Å². The molecule has 6 nitrogen and oxygen atoms in total. The van der Waals surface area contributed by atoms with Gasteiger partial charge in [0.25, 0.3) is 5.91 Å². The predicted octanol–water partition coefficient (Wildman–Crippen LogP) is 3.88. The van der Waals surface area contributed by atoms with Crippen molar-refractivity contribution in [2.24, 2.45) is 5.10 Å². The predicted molar refractivity (Wildman–Crippen MR) is 110 cm³/mol. The molecule has 0 aliphatic carbocycles.